The minimum atomic E-state index is -0.0737. The minimum absolute atomic E-state index is 0.0737. The van der Waals surface area contributed by atoms with E-state index in [4.69, 9.17) is 4.74 Å². The number of halogens is 1. The summed E-state index contributed by atoms with van der Waals surface area (Å²) in [7, 11) is 0. The first-order valence-corrected chi connectivity index (χ1v) is 8.14. The first-order chi connectivity index (χ1) is 11.3. The summed E-state index contributed by atoms with van der Waals surface area (Å²) in [6.45, 7) is 2.30. The number of aromatic nitrogens is 4. The number of hydrogen-bond donors (Lipinski definition) is 2. The summed E-state index contributed by atoms with van der Waals surface area (Å²) in [5, 5.41) is 6.67. The standard InChI is InChI=1S/C15H15BrN6O/c16-12-9-22-6-4-19-15(22)14(21-12)20-10-2-1-3-18-13(10)11-8-17-5-7-23-11/h1-4,6,9,11,17H,5,7-8H2,(H,20,21). The summed E-state index contributed by atoms with van der Waals surface area (Å²) in [5.74, 6) is 0.669. The van der Waals surface area contributed by atoms with Crippen LogP contribution >= 0.6 is 15.9 Å². The Bertz CT molecular complexity index is 830. The van der Waals surface area contributed by atoms with Crippen molar-refractivity contribution in [2.24, 2.45) is 0 Å². The summed E-state index contributed by atoms with van der Waals surface area (Å²) in [6.07, 6.45) is 7.19. The number of morpholine rings is 1. The molecule has 8 heteroatoms. The minimum Gasteiger partial charge on any atom is -0.369 e. The van der Waals surface area contributed by atoms with E-state index in [9.17, 15) is 0 Å². The molecule has 1 aliphatic rings. The van der Waals surface area contributed by atoms with Gasteiger partial charge in [-0.15, -0.1) is 0 Å². The molecule has 1 unspecified atom stereocenters. The third-order valence-corrected chi connectivity index (χ3v) is 4.05. The topological polar surface area (TPSA) is 76.4 Å². The molecule has 7 nitrogen and oxygen atoms in total. The van der Waals surface area contributed by atoms with Gasteiger partial charge in [0, 0.05) is 37.9 Å². The van der Waals surface area contributed by atoms with Gasteiger partial charge in [-0.1, -0.05) is 0 Å². The average molecular weight is 375 g/mol. The highest BCUT2D eigenvalue weighted by Crippen LogP contribution is 2.28. The second-order valence-electron chi connectivity index (χ2n) is 5.20. The lowest BCUT2D eigenvalue weighted by Crippen LogP contribution is -2.34. The fourth-order valence-electron chi connectivity index (χ4n) is 2.63. The number of fused-ring (bicyclic) bond motifs is 1. The van der Waals surface area contributed by atoms with Gasteiger partial charge in [0.05, 0.1) is 18.0 Å². The van der Waals surface area contributed by atoms with Gasteiger partial charge in [0.25, 0.3) is 0 Å². The quantitative estimate of drug-likeness (QED) is 0.732. The Balaban J connectivity index is 1.72. The van der Waals surface area contributed by atoms with Gasteiger partial charge in [-0.2, -0.15) is 0 Å². The number of ether oxygens (including phenoxy) is 1. The van der Waals surface area contributed by atoms with Crippen molar-refractivity contribution in [3.63, 3.8) is 0 Å². The molecule has 0 spiro atoms. The van der Waals surface area contributed by atoms with Crippen molar-refractivity contribution in [2.45, 2.75) is 6.10 Å². The Kier molecular flexibility index (Phi) is 3.94. The summed E-state index contributed by atoms with van der Waals surface area (Å²) in [4.78, 5) is 13.3. The van der Waals surface area contributed by atoms with Gasteiger partial charge >= 0.3 is 0 Å². The van der Waals surface area contributed by atoms with E-state index in [1.54, 1.807) is 12.4 Å². The van der Waals surface area contributed by atoms with Gasteiger partial charge in [0.2, 0.25) is 0 Å². The Labute approximate surface area is 141 Å². The SMILES string of the molecule is Brc1cn2ccnc2c(Nc2cccnc2C2CNCCO2)n1. The maximum atomic E-state index is 5.82. The molecular formula is C15H15BrN6O. The van der Waals surface area contributed by atoms with Crippen LogP contribution in [0.15, 0.2) is 41.5 Å². The monoisotopic (exact) mass is 374 g/mol. The maximum absolute atomic E-state index is 5.82. The second-order valence-corrected chi connectivity index (χ2v) is 6.01. The lowest BCUT2D eigenvalue weighted by Gasteiger charge is -2.25. The van der Waals surface area contributed by atoms with E-state index in [0.29, 0.717) is 12.4 Å². The van der Waals surface area contributed by atoms with Crippen LogP contribution in [0.3, 0.4) is 0 Å². The van der Waals surface area contributed by atoms with Crippen LogP contribution in [0.5, 0.6) is 0 Å². The van der Waals surface area contributed by atoms with Gasteiger partial charge in [0.1, 0.15) is 10.7 Å². The molecule has 1 atom stereocenters. The van der Waals surface area contributed by atoms with Crippen molar-refractivity contribution >= 4 is 33.1 Å². The number of imidazole rings is 1. The van der Waals surface area contributed by atoms with Crippen LogP contribution in [0.2, 0.25) is 0 Å². The molecule has 0 aliphatic carbocycles. The molecule has 0 aromatic carbocycles. The molecule has 3 aromatic rings. The number of nitrogens with one attached hydrogen (secondary N) is 2. The van der Waals surface area contributed by atoms with Gasteiger partial charge in [-0.25, -0.2) is 9.97 Å². The van der Waals surface area contributed by atoms with Crippen LogP contribution in [0, 0.1) is 0 Å². The van der Waals surface area contributed by atoms with E-state index in [1.807, 2.05) is 28.9 Å². The Hall–Kier alpha value is -2.03. The molecule has 1 saturated heterocycles. The zero-order chi connectivity index (χ0) is 15.6. The number of rotatable bonds is 3. The van der Waals surface area contributed by atoms with Crippen molar-refractivity contribution < 1.29 is 4.74 Å². The van der Waals surface area contributed by atoms with Gasteiger partial charge in [-0.3, -0.25) is 4.98 Å². The van der Waals surface area contributed by atoms with Gasteiger partial charge in [-0.05, 0) is 28.1 Å². The van der Waals surface area contributed by atoms with Crippen LogP contribution in [-0.4, -0.2) is 39.0 Å². The predicted molar refractivity (Wildman–Crippen MR) is 89.8 cm³/mol. The summed E-state index contributed by atoms with van der Waals surface area (Å²) >= 11 is 3.43. The van der Waals surface area contributed by atoms with Crippen LogP contribution in [0.4, 0.5) is 11.5 Å². The molecule has 3 aromatic heterocycles. The molecule has 0 radical (unpaired) electrons. The first kappa shape index (κ1) is 14.6. The number of nitrogens with zero attached hydrogens (tertiary/aromatic N) is 4. The lowest BCUT2D eigenvalue weighted by molar-refractivity contribution is 0.0255. The molecule has 4 heterocycles. The molecule has 1 aliphatic heterocycles. The summed E-state index contributed by atoms with van der Waals surface area (Å²) < 4.78 is 8.46. The lowest BCUT2D eigenvalue weighted by atomic mass is 10.1. The largest absolute Gasteiger partial charge is 0.369 e. The molecule has 4 rings (SSSR count). The van der Waals surface area contributed by atoms with Crippen LogP contribution in [0.1, 0.15) is 11.8 Å². The molecule has 23 heavy (non-hydrogen) atoms. The zero-order valence-electron chi connectivity index (χ0n) is 12.2. The number of pyridine rings is 1. The molecule has 0 amide bonds. The fraction of sp³-hybridized carbons (Fsp3) is 0.267. The van der Waals surface area contributed by atoms with E-state index in [2.05, 4.69) is 41.5 Å². The van der Waals surface area contributed by atoms with E-state index >= 15 is 0 Å². The van der Waals surface area contributed by atoms with Crippen molar-refractivity contribution in [3.8, 4) is 0 Å². The highest BCUT2D eigenvalue weighted by Gasteiger charge is 2.21. The maximum Gasteiger partial charge on any atom is 0.180 e. The normalized spacial score (nSPS) is 18.2. The van der Waals surface area contributed by atoms with E-state index in [-0.39, 0.29) is 6.10 Å². The summed E-state index contributed by atoms with van der Waals surface area (Å²) in [5.41, 5.74) is 2.49. The molecule has 118 valence electrons. The number of hydrogen-bond acceptors (Lipinski definition) is 6. The van der Waals surface area contributed by atoms with Crippen LogP contribution < -0.4 is 10.6 Å². The van der Waals surface area contributed by atoms with Crippen molar-refractivity contribution in [1.82, 2.24) is 24.7 Å². The third-order valence-electron chi connectivity index (χ3n) is 3.67. The van der Waals surface area contributed by atoms with Crippen molar-refractivity contribution in [3.05, 3.63) is 47.2 Å². The van der Waals surface area contributed by atoms with E-state index < -0.39 is 0 Å². The van der Waals surface area contributed by atoms with E-state index in [1.165, 1.54) is 0 Å². The smallest absolute Gasteiger partial charge is 0.180 e. The molecule has 1 fully saturated rings. The zero-order valence-corrected chi connectivity index (χ0v) is 13.8. The number of anilines is 2. The predicted octanol–water partition coefficient (Wildman–Crippen LogP) is 2.29. The highest BCUT2D eigenvalue weighted by atomic mass is 79.9. The molecule has 0 saturated carbocycles. The Morgan fingerprint density at radius 2 is 2.30 bits per heavy atom. The van der Waals surface area contributed by atoms with E-state index in [0.717, 1.165) is 34.7 Å². The molecule has 2 N–H and O–H groups in total. The van der Waals surface area contributed by atoms with Crippen LogP contribution in [-0.2, 0) is 4.74 Å². The second kappa shape index (κ2) is 6.23. The third kappa shape index (κ3) is 2.92. The molecule has 0 bridgehead atoms. The summed E-state index contributed by atoms with van der Waals surface area (Å²) in [6, 6.07) is 3.87. The Morgan fingerprint density at radius 3 is 3.17 bits per heavy atom. The van der Waals surface area contributed by atoms with Crippen molar-refractivity contribution in [1.29, 1.82) is 0 Å². The average Bonchev–Trinajstić information content (AvgIpc) is 3.04. The first-order valence-electron chi connectivity index (χ1n) is 7.35. The van der Waals surface area contributed by atoms with Gasteiger partial charge < -0.3 is 19.8 Å². The Morgan fingerprint density at radius 1 is 1.35 bits per heavy atom. The van der Waals surface area contributed by atoms with Gasteiger partial charge in [0.15, 0.2) is 11.5 Å². The highest BCUT2D eigenvalue weighted by molar-refractivity contribution is 9.10. The van der Waals surface area contributed by atoms with Crippen LogP contribution in [0.25, 0.3) is 5.65 Å². The fourth-order valence-corrected chi connectivity index (χ4v) is 3.03. The molecular weight excluding hydrogens is 360 g/mol. The van der Waals surface area contributed by atoms with Crippen molar-refractivity contribution in [2.75, 3.05) is 25.0 Å².